The lowest BCUT2D eigenvalue weighted by atomic mass is 10.2. The molecular formula is C14H21NO3S. The number of amides is 1. The van der Waals surface area contributed by atoms with E-state index in [1.54, 1.807) is 11.3 Å². The number of aliphatic hydroxyl groups excluding tert-OH is 1. The Hall–Kier alpha value is -0.910. The lowest BCUT2D eigenvalue weighted by Crippen LogP contribution is -2.27. The maximum Gasteiger partial charge on any atom is 0.223 e. The Labute approximate surface area is 117 Å². The van der Waals surface area contributed by atoms with Gasteiger partial charge in [-0.3, -0.25) is 4.79 Å². The Bertz CT molecular complexity index is 419. The molecule has 0 radical (unpaired) electrons. The number of rotatable bonds is 8. The maximum absolute atomic E-state index is 11.9. The van der Waals surface area contributed by atoms with E-state index in [1.165, 1.54) is 9.75 Å². The lowest BCUT2D eigenvalue weighted by molar-refractivity contribution is -0.122. The Morgan fingerprint density at radius 3 is 3.05 bits per heavy atom. The van der Waals surface area contributed by atoms with Gasteiger partial charge in [-0.15, -0.1) is 11.3 Å². The van der Waals surface area contributed by atoms with E-state index in [4.69, 9.17) is 9.84 Å². The van der Waals surface area contributed by atoms with Crippen LogP contribution in [0, 0.1) is 12.8 Å². The molecule has 0 bridgehead atoms. The third kappa shape index (κ3) is 4.30. The molecule has 5 heteroatoms. The predicted molar refractivity (Wildman–Crippen MR) is 75.4 cm³/mol. The third-order valence-electron chi connectivity index (χ3n) is 3.25. The SMILES string of the molecule is Cc1ccc(C2CC2C(=O)NCCCOCCO)s1. The van der Waals surface area contributed by atoms with E-state index in [-0.39, 0.29) is 18.4 Å². The normalized spacial score (nSPS) is 21.4. The number of hydrogen-bond acceptors (Lipinski definition) is 4. The number of aliphatic hydroxyl groups is 1. The molecule has 2 N–H and O–H groups in total. The number of nitrogens with one attached hydrogen (secondary N) is 1. The van der Waals surface area contributed by atoms with Gasteiger partial charge in [0.25, 0.3) is 0 Å². The molecule has 0 spiro atoms. The van der Waals surface area contributed by atoms with Crippen molar-refractivity contribution in [3.63, 3.8) is 0 Å². The van der Waals surface area contributed by atoms with Gasteiger partial charge in [-0.2, -0.15) is 0 Å². The number of aryl methyl sites for hydroxylation is 1. The van der Waals surface area contributed by atoms with E-state index < -0.39 is 0 Å². The number of thiophene rings is 1. The van der Waals surface area contributed by atoms with E-state index in [9.17, 15) is 4.79 Å². The van der Waals surface area contributed by atoms with Crippen LogP contribution in [0.4, 0.5) is 0 Å². The highest BCUT2D eigenvalue weighted by atomic mass is 32.1. The maximum atomic E-state index is 11.9. The zero-order valence-corrected chi connectivity index (χ0v) is 12.0. The van der Waals surface area contributed by atoms with Gasteiger partial charge in [-0.25, -0.2) is 0 Å². The van der Waals surface area contributed by atoms with Crippen molar-refractivity contribution in [2.75, 3.05) is 26.4 Å². The molecule has 1 aromatic rings. The van der Waals surface area contributed by atoms with Gasteiger partial charge in [-0.05, 0) is 31.9 Å². The van der Waals surface area contributed by atoms with Crippen molar-refractivity contribution in [3.05, 3.63) is 21.9 Å². The molecule has 106 valence electrons. The van der Waals surface area contributed by atoms with Crippen LogP contribution in [0.5, 0.6) is 0 Å². The molecule has 2 unspecified atom stereocenters. The second-order valence-corrected chi connectivity index (χ2v) is 6.20. The van der Waals surface area contributed by atoms with Gasteiger partial charge in [0.1, 0.15) is 0 Å². The summed E-state index contributed by atoms with van der Waals surface area (Å²) in [6.45, 7) is 3.75. The molecular weight excluding hydrogens is 262 g/mol. The summed E-state index contributed by atoms with van der Waals surface area (Å²) in [6, 6.07) is 4.26. The second kappa shape index (κ2) is 7.03. The summed E-state index contributed by atoms with van der Waals surface area (Å²) in [7, 11) is 0. The van der Waals surface area contributed by atoms with Gasteiger partial charge in [0.2, 0.25) is 5.91 Å². The van der Waals surface area contributed by atoms with E-state index in [2.05, 4.69) is 24.4 Å². The number of hydrogen-bond donors (Lipinski definition) is 2. The highest BCUT2D eigenvalue weighted by Crippen LogP contribution is 2.49. The molecule has 1 heterocycles. The fourth-order valence-corrected chi connectivity index (χ4v) is 3.19. The van der Waals surface area contributed by atoms with Crippen molar-refractivity contribution < 1.29 is 14.6 Å². The number of ether oxygens (including phenoxy) is 1. The van der Waals surface area contributed by atoms with Crippen LogP contribution in [-0.2, 0) is 9.53 Å². The molecule has 19 heavy (non-hydrogen) atoms. The number of carbonyl (C=O) groups is 1. The second-order valence-electron chi connectivity index (χ2n) is 4.88. The fraction of sp³-hybridized carbons (Fsp3) is 0.643. The van der Waals surface area contributed by atoms with Crippen molar-refractivity contribution >= 4 is 17.2 Å². The average Bonchev–Trinajstić information content (AvgIpc) is 3.09. The smallest absolute Gasteiger partial charge is 0.223 e. The largest absolute Gasteiger partial charge is 0.394 e. The van der Waals surface area contributed by atoms with E-state index in [0.717, 1.165) is 12.8 Å². The Morgan fingerprint density at radius 2 is 2.37 bits per heavy atom. The molecule has 1 aromatic heterocycles. The monoisotopic (exact) mass is 283 g/mol. The summed E-state index contributed by atoms with van der Waals surface area (Å²) in [5.41, 5.74) is 0. The average molecular weight is 283 g/mol. The van der Waals surface area contributed by atoms with Crippen LogP contribution in [0.2, 0.25) is 0 Å². The predicted octanol–water partition coefficient (Wildman–Crippen LogP) is 1.68. The van der Waals surface area contributed by atoms with Crippen molar-refractivity contribution in [1.82, 2.24) is 5.32 Å². The van der Waals surface area contributed by atoms with Crippen molar-refractivity contribution in [3.8, 4) is 0 Å². The zero-order chi connectivity index (χ0) is 13.7. The highest BCUT2D eigenvalue weighted by molar-refractivity contribution is 7.12. The molecule has 4 nitrogen and oxygen atoms in total. The van der Waals surface area contributed by atoms with Crippen LogP contribution in [0.25, 0.3) is 0 Å². The van der Waals surface area contributed by atoms with Crippen LogP contribution in [0.1, 0.15) is 28.5 Å². The zero-order valence-electron chi connectivity index (χ0n) is 11.2. The van der Waals surface area contributed by atoms with E-state index in [0.29, 0.717) is 25.7 Å². The summed E-state index contributed by atoms with van der Waals surface area (Å²) in [5.74, 6) is 0.763. The fourth-order valence-electron chi connectivity index (χ4n) is 2.14. The molecule has 1 aliphatic carbocycles. The molecule has 1 amide bonds. The van der Waals surface area contributed by atoms with Crippen LogP contribution in [0.3, 0.4) is 0 Å². The van der Waals surface area contributed by atoms with Gasteiger partial charge in [-0.1, -0.05) is 0 Å². The molecule has 1 aliphatic rings. The molecule has 1 fully saturated rings. The summed E-state index contributed by atoms with van der Waals surface area (Å²) < 4.78 is 5.13. The van der Waals surface area contributed by atoms with Crippen LogP contribution in [0.15, 0.2) is 12.1 Å². The number of carbonyl (C=O) groups excluding carboxylic acids is 1. The minimum Gasteiger partial charge on any atom is -0.394 e. The molecule has 0 aromatic carbocycles. The van der Waals surface area contributed by atoms with Gasteiger partial charge in [0.15, 0.2) is 0 Å². The Balaban J connectivity index is 1.61. The minimum atomic E-state index is 0.0519. The molecule has 0 saturated heterocycles. The summed E-state index contributed by atoms with van der Waals surface area (Å²) in [4.78, 5) is 14.5. The molecule has 0 aliphatic heterocycles. The summed E-state index contributed by atoms with van der Waals surface area (Å²) in [5, 5.41) is 11.5. The molecule has 1 saturated carbocycles. The first-order valence-corrected chi connectivity index (χ1v) is 7.56. The first-order chi connectivity index (χ1) is 9.22. The minimum absolute atomic E-state index is 0.0519. The van der Waals surface area contributed by atoms with Crippen LogP contribution < -0.4 is 5.32 Å². The van der Waals surface area contributed by atoms with Crippen molar-refractivity contribution in [2.45, 2.75) is 25.7 Å². The Kier molecular flexibility index (Phi) is 5.36. The van der Waals surface area contributed by atoms with Crippen LogP contribution >= 0.6 is 11.3 Å². The molecule has 2 rings (SSSR count). The molecule has 2 atom stereocenters. The quantitative estimate of drug-likeness (QED) is 0.714. The van der Waals surface area contributed by atoms with Gasteiger partial charge >= 0.3 is 0 Å². The van der Waals surface area contributed by atoms with E-state index >= 15 is 0 Å². The lowest BCUT2D eigenvalue weighted by Gasteiger charge is -2.05. The first-order valence-electron chi connectivity index (χ1n) is 6.75. The van der Waals surface area contributed by atoms with Gasteiger partial charge in [0.05, 0.1) is 13.2 Å². The standard InChI is InChI=1S/C14H21NO3S/c1-10-3-4-13(19-10)11-9-12(11)14(17)15-5-2-7-18-8-6-16/h3-4,11-12,16H,2,5-9H2,1H3,(H,15,17). The summed E-state index contributed by atoms with van der Waals surface area (Å²) in [6.07, 6.45) is 1.77. The van der Waals surface area contributed by atoms with Crippen molar-refractivity contribution in [2.24, 2.45) is 5.92 Å². The third-order valence-corrected chi connectivity index (χ3v) is 4.39. The van der Waals surface area contributed by atoms with Gasteiger partial charge in [0, 0.05) is 34.7 Å². The van der Waals surface area contributed by atoms with Crippen molar-refractivity contribution in [1.29, 1.82) is 0 Å². The summed E-state index contributed by atoms with van der Waals surface area (Å²) >= 11 is 1.79. The topological polar surface area (TPSA) is 58.6 Å². The van der Waals surface area contributed by atoms with Gasteiger partial charge < -0.3 is 15.2 Å². The Morgan fingerprint density at radius 1 is 1.53 bits per heavy atom. The van der Waals surface area contributed by atoms with E-state index in [1.807, 2.05) is 0 Å². The highest BCUT2D eigenvalue weighted by Gasteiger charge is 2.44. The van der Waals surface area contributed by atoms with Crippen LogP contribution in [-0.4, -0.2) is 37.4 Å². The first kappa shape index (κ1) is 14.5.